The number of rotatable bonds is 5. The van der Waals surface area contributed by atoms with Crippen LogP contribution in [0.5, 0.6) is 0 Å². The zero-order valence-corrected chi connectivity index (χ0v) is 16.0. The van der Waals surface area contributed by atoms with Crippen LogP contribution in [-0.2, 0) is 17.8 Å². The van der Waals surface area contributed by atoms with Gasteiger partial charge in [-0.05, 0) is 41.5 Å². The van der Waals surface area contributed by atoms with Crippen molar-refractivity contribution in [3.63, 3.8) is 0 Å². The van der Waals surface area contributed by atoms with Gasteiger partial charge >= 0.3 is 0 Å². The summed E-state index contributed by atoms with van der Waals surface area (Å²) in [5.74, 6) is -0.327. The fourth-order valence-corrected chi connectivity index (χ4v) is 4.37. The highest BCUT2D eigenvalue weighted by molar-refractivity contribution is 7.15. The number of carbonyl (C=O) groups excluding carboxylic acids is 1. The number of primary amides is 1. The average molecular weight is 396 g/mol. The Kier molecular flexibility index (Phi) is 4.88. The molecule has 0 bridgehead atoms. The predicted molar refractivity (Wildman–Crippen MR) is 113 cm³/mol. The Morgan fingerprint density at radius 2 is 2.00 bits per heavy atom. The molecule has 4 nitrogen and oxygen atoms in total. The summed E-state index contributed by atoms with van der Waals surface area (Å²) in [6.45, 7) is 0.809. The van der Waals surface area contributed by atoms with Gasteiger partial charge in [0.25, 0.3) is 0 Å². The monoisotopic (exact) mass is 395 g/mol. The Labute approximate surface area is 166 Å². The molecule has 1 aromatic heterocycles. The van der Waals surface area contributed by atoms with E-state index < -0.39 is 0 Å². The van der Waals surface area contributed by atoms with Gasteiger partial charge in [-0.1, -0.05) is 35.9 Å². The molecular formula is C21H18ClN3OS. The Balaban J connectivity index is 1.57. The lowest BCUT2D eigenvalue weighted by Crippen LogP contribution is -2.15. The third kappa shape index (κ3) is 3.99. The van der Waals surface area contributed by atoms with E-state index in [9.17, 15) is 4.79 Å². The minimum Gasteiger partial charge on any atom is -0.384 e. The van der Waals surface area contributed by atoms with Gasteiger partial charge < -0.3 is 16.4 Å². The zero-order valence-electron chi connectivity index (χ0n) is 14.5. The number of nitrogens with one attached hydrogen (secondary N) is 2. The van der Waals surface area contributed by atoms with Crippen LogP contribution < -0.4 is 16.4 Å². The van der Waals surface area contributed by atoms with E-state index in [4.69, 9.17) is 17.3 Å². The molecule has 3 aromatic rings. The molecule has 136 valence electrons. The molecule has 1 aliphatic heterocycles. The van der Waals surface area contributed by atoms with Crippen molar-refractivity contribution in [2.75, 3.05) is 5.32 Å². The molecule has 27 heavy (non-hydrogen) atoms. The van der Waals surface area contributed by atoms with E-state index >= 15 is 0 Å². The fourth-order valence-electron chi connectivity index (χ4n) is 3.06. The normalized spacial score (nSPS) is 12.7. The van der Waals surface area contributed by atoms with Crippen molar-refractivity contribution >= 4 is 40.2 Å². The summed E-state index contributed by atoms with van der Waals surface area (Å²) in [5, 5.41) is 7.52. The van der Waals surface area contributed by atoms with Crippen LogP contribution in [0, 0.1) is 0 Å². The smallest absolute Gasteiger partial charge is 0.221 e. The topological polar surface area (TPSA) is 67.2 Å². The van der Waals surface area contributed by atoms with Crippen LogP contribution in [0.15, 0.2) is 60.8 Å². The van der Waals surface area contributed by atoms with E-state index in [0.717, 1.165) is 34.1 Å². The van der Waals surface area contributed by atoms with Gasteiger partial charge in [0.15, 0.2) is 0 Å². The highest BCUT2D eigenvalue weighted by atomic mass is 35.5. The molecular weight excluding hydrogens is 378 g/mol. The van der Waals surface area contributed by atoms with Crippen LogP contribution >= 0.6 is 22.9 Å². The molecule has 0 aliphatic carbocycles. The summed E-state index contributed by atoms with van der Waals surface area (Å²) in [6.07, 6.45) is 2.25. The molecule has 0 radical (unpaired) electrons. The summed E-state index contributed by atoms with van der Waals surface area (Å²) in [4.78, 5) is 13.5. The van der Waals surface area contributed by atoms with Crippen molar-refractivity contribution in [3.05, 3.63) is 81.8 Å². The van der Waals surface area contributed by atoms with E-state index in [0.29, 0.717) is 0 Å². The van der Waals surface area contributed by atoms with Crippen LogP contribution in [0.1, 0.15) is 16.0 Å². The Bertz CT molecular complexity index is 1020. The van der Waals surface area contributed by atoms with Crippen LogP contribution in [0.4, 0.5) is 5.69 Å². The molecule has 0 saturated heterocycles. The molecule has 0 atom stereocenters. The number of nitrogens with two attached hydrogens (primary N) is 1. The number of halogens is 1. The molecule has 0 saturated carbocycles. The number of anilines is 1. The number of thiophene rings is 1. The van der Waals surface area contributed by atoms with Gasteiger partial charge in [0.05, 0.1) is 12.1 Å². The van der Waals surface area contributed by atoms with Crippen molar-refractivity contribution in [2.45, 2.75) is 13.0 Å². The molecule has 0 spiro atoms. The number of fused-ring (bicyclic) bond motifs is 1. The number of hydrogen-bond acceptors (Lipinski definition) is 4. The van der Waals surface area contributed by atoms with E-state index in [1.54, 1.807) is 11.3 Å². The van der Waals surface area contributed by atoms with E-state index in [-0.39, 0.29) is 12.3 Å². The van der Waals surface area contributed by atoms with E-state index in [1.807, 2.05) is 48.7 Å². The first-order valence-electron chi connectivity index (χ1n) is 8.55. The summed E-state index contributed by atoms with van der Waals surface area (Å²) < 4.78 is 0. The first kappa shape index (κ1) is 17.6. The molecule has 1 amide bonds. The van der Waals surface area contributed by atoms with E-state index in [1.165, 1.54) is 15.3 Å². The molecule has 0 fully saturated rings. The third-order valence-electron chi connectivity index (χ3n) is 4.33. The van der Waals surface area contributed by atoms with Gasteiger partial charge in [-0.25, -0.2) is 0 Å². The van der Waals surface area contributed by atoms with Crippen molar-refractivity contribution in [2.24, 2.45) is 5.73 Å². The molecule has 0 unspecified atom stereocenters. The van der Waals surface area contributed by atoms with E-state index in [2.05, 4.69) is 22.8 Å². The highest BCUT2D eigenvalue weighted by Crippen LogP contribution is 2.37. The lowest BCUT2D eigenvalue weighted by atomic mass is 10.1. The molecule has 4 N–H and O–H groups in total. The fraction of sp³-hybridized carbons (Fsp3) is 0.0952. The summed E-state index contributed by atoms with van der Waals surface area (Å²) in [6, 6.07) is 17.9. The second-order valence-corrected chi connectivity index (χ2v) is 7.93. The molecule has 1 aliphatic rings. The van der Waals surface area contributed by atoms with Crippen molar-refractivity contribution in [1.82, 2.24) is 5.32 Å². The first-order valence-corrected chi connectivity index (χ1v) is 9.75. The van der Waals surface area contributed by atoms with Gasteiger partial charge in [0.2, 0.25) is 5.91 Å². The van der Waals surface area contributed by atoms with Crippen LogP contribution in [-0.4, -0.2) is 5.91 Å². The molecule has 2 aromatic carbocycles. The summed E-state index contributed by atoms with van der Waals surface area (Å²) in [7, 11) is 0. The Hall–Kier alpha value is -2.76. The standard InChI is InChI=1S/C21H18ClN3OS/c22-15-3-1-2-14(9-15)19-10-17-18(11-24-12-20(17)27-19)25-16-6-4-13(5-7-16)8-21(23)26/h1-7,9-11,24-25H,8,12H2,(H2,23,26). The van der Waals surface area contributed by atoms with Crippen molar-refractivity contribution < 1.29 is 4.79 Å². The maximum atomic E-state index is 11.0. The number of hydrogen-bond donors (Lipinski definition) is 3. The minimum absolute atomic E-state index is 0.252. The maximum Gasteiger partial charge on any atom is 0.221 e. The number of benzene rings is 2. The molecule has 4 rings (SSSR count). The Morgan fingerprint density at radius 3 is 2.74 bits per heavy atom. The minimum atomic E-state index is -0.327. The van der Waals surface area contributed by atoms with Crippen LogP contribution in [0.25, 0.3) is 16.1 Å². The highest BCUT2D eigenvalue weighted by Gasteiger charge is 2.17. The quantitative estimate of drug-likeness (QED) is 0.591. The first-order chi connectivity index (χ1) is 13.1. The number of carbonyl (C=O) groups is 1. The predicted octanol–water partition coefficient (Wildman–Crippen LogP) is 4.61. The Morgan fingerprint density at radius 1 is 1.19 bits per heavy atom. The third-order valence-corrected chi connectivity index (χ3v) is 5.75. The lowest BCUT2D eigenvalue weighted by molar-refractivity contribution is -0.117. The van der Waals surface area contributed by atoms with Crippen molar-refractivity contribution in [1.29, 1.82) is 0 Å². The van der Waals surface area contributed by atoms with Crippen LogP contribution in [0.2, 0.25) is 5.02 Å². The second kappa shape index (κ2) is 7.47. The van der Waals surface area contributed by atoms with Gasteiger partial charge in [-0.3, -0.25) is 4.79 Å². The van der Waals surface area contributed by atoms with Gasteiger partial charge in [-0.2, -0.15) is 0 Å². The SMILES string of the molecule is NC(=O)Cc1ccc(NC2=CNCc3sc(-c4cccc(Cl)c4)cc32)cc1. The zero-order chi connectivity index (χ0) is 18.8. The molecule has 2 heterocycles. The van der Waals surface area contributed by atoms with Gasteiger partial charge in [-0.15, -0.1) is 11.3 Å². The average Bonchev–Trinajstić information content (AvgIpc) is 3.08. The second-order valence-electron chi connectivity index (χ2n) is 6.36. The number of amides is 1. The van der Waals surface area contributed by atoms with Gasteiger partial charge in [0, 0.05) is 38.8 Å². The summed E-state index contributed by atoms with van der Waals surface area (Å²) in [5.41, 5.74) is 10.4. The van der Waals surface area contributed by atoms with Gasteiger partial charge in [0.1, 0.15) is 0 Å². The maximum absolute atomic E-state index is 11.0. The largest absolute Gasteiger partial charge is 0.384 e. The summed E-state index contributed by atoms with van der Waals surface area (Å²) >= 11 is 7.91. The lowest BCUT2D eigenvalue weighted by Gasteiger charge is -2.17. The van der Waals surface area contributed by atoms with Crippen LogP contribution in [0.3, 0.4) is 0 Å². The molecule has 6 heteroatoms. The van der Waals surface area contributed by atoms with Crippen molar-refractivity contribution in [3.8, 4) is 10.4 Å².